The molecular formula is C20H18F2N6O. The summed E-state index contributed by atoms with van der Waals surface area (Å²) in [4.78, 5) is 20.7. The van der Waals surface area contributed by atoms with Gasteiger partial charge >= 0.3 is 0 Å². The normalized spacial score (nSPS) is 10.7. The molecule has 0 spiro atoms. The molecule has 0 bridgehead atoms. The topological polar surface area (TPSA) is 96.5 Å². The van der Waals surface area contributed by atoms with Crippen LogP contribution in [0.2, 0.25) is 0 Å². The fourth-order valence-corrected chi connectivity index (χ4v) is 2.72. The predicted octanol–water partition coefficient (Wildman–Crippen LogP) is 4.14. The van der Waals surface area contributed by atoms with Gasteiger partial charge in [-0.15, -0.1) is 0 Å². The van der Waals surface area contributed by atoms with Crippen molar-refractivity contribution in [2.75, 3.05) is 5.32 Å². The molecule has 7 nitrogen and oxygen atoms in total. The molecule has 29 heavy (non-hydrogen) atoms. The SMILES string of the molecule is Cc1cnc(Nc2cnn(CC(F)F)c2)nc1-c1ccc(C(=O)CCC#N)cc1. The molecule has 0 aliphatic rings. The third-order valence-electron chi connectivity index (χ3n) is 4.13. The molecule has 0 fully saturated rings. The summed E-state index contributed by atoms with van der Waals surface area (Å²) in [6.07, 6.45) is 2.42. The average Bonchev–Trinajstić information content (AvgIpc) is 3.13. The maximum Gasteiger partial charge on any atom is 0.257 e. The number of nitriles is 1. The van der Waals surface area contributed by atoms with Gasteiger partial charge in [0.2, 0.25) is 5.95 Å². The summed E-state index contributed by atoms with van der Waals surface area (Å²) >= 11 is 0. The lowest BCUT2D eigenvalue weighted by molar-refractivity contribution is 0.0984. The molecular weight excluding hydrogens is 378 g/mol. The zero-order chi connectivity index (χ0) is 20.8. The molecule has 0 aliphatic carbocycles. The van der Waals surface area contributed by atoms with Crippen LogP contribution < -0.4 is 5.32 Å². The van der Waals surface area contributed by atoms with Crippen molar-refractivity contribution in [2.24, 2.45) is 0 Å². The number of anilines is 2. The Balaban J connectivity index is 1.77. The molecule has 0 amide bonds. The zero-order valence-electron chi connectivity index (χ0n) is 15.6. The number of rotatable bonds is 8. The second-order valence-electron chi connectivity index (χ2n) is 6.35. The second-order valence-corrected chi connectivity index (χ2v) is 6.35. The molecule has 148 valence electrons. The summed E-state index contributed by atoms with van der Waals surface area (Å²) in [6, 6.07) is 8.96. The summed E-state index contributed by atoms with van der Waals surface area (Å²) < 4.78 is 26.0. The van der Waals surface area contributed by atoms with E-state index >= 15 is 0 Å². The van der Waals surface area contributed by atoms with Crippen molar-refractivity contribution in [3.63, 3.8) is 0 Å². The lowest BCUT2D eigenvalue weighted by atomic mass is 10.0. The molecule has 0 aliphatic heterocycles. The number of nitrogens with one attached hydrogen (secondary N) is 1. The summed E-state index contributed by atoms with van der Waals surface area (Å²) in [5.41, 5.74) is 3.36. The van der Waals surface area contributed by atoms with Crippen molar-refractivity contribution in [2.45, 2.75) is 32.7 Å². The molecule has 0 saturated heterocycles. The van der Waals surface area contributed by atoms with Gasteiger partial charge in [-0.05, 0) is 12.5 Å². The number of aryl methyl sites for hydroxylation is 1. The first-order chi connectivity index (χ1) is 14.0. The van der Waals surface area contributed by atoms with E-state index < -0.39 is 13.0 Å². The molecule has 9 heteroatoms. The van der Waals surface area contributed by atoms with Gasteiger partial charge in [-0.3, -0.25) is 9.48 Å². The van der Waals surface area contributed by atoms with Crippen LogP contribution in [0.3, 0.4) is 0 Å². The first-order valence-electron chi connectivity index (χ1n) is 8.88. The lowest BCUT2D eigenvalue weighted by Gasteiger charge is -2.09. The number of carbonyl (C=O) groups is 1. The Morgan fingerprint density at radius 2 is 2.03 bits per heavy atom. The lowest BCUT2D eigenvalue weighted by Crippen LogP contribution is -2.06. The average molecular weight is 396 g/mol. The smallest absolute Gasteiger partial charge is 0.257 e. The first kappa shape index (κ1) is 20.1. The summed E-state index contributed by atoms with van der Waals surface area (Å²) in [7, 11) is 0. The molecule has 0 unspecified atom stereocenters. The van der Waals surface area contributed by atoms with Gasteiger partial charge in [0, 0.05) is 36.4 Å². The van der Waals surface area contributed by atoms with E-state index in [1.807, 2.05) is 13.0 Å². The minimum absolute atomic E-state index is 0.0827. The Labute approximate surface area is 166 Å². The molecule has 0 radical (unpaired) electrons. The summed E-state index contributed by atoms with van der Waals surface area (Å²) in [6.45, 7) is 1.38. The van der Waals surface area contributed by atoms with E-state index in [1.54, 1.807) is 30.5 Å². The van der Waals surface area contributed by atoms with E-state index in [0.29, 0.717) is 22.9 Å². The number of nitrogens with zero attached hydrogens (tertiary/aromatic N) is 5. The number of alkyl halides is 2. The van der Waals surface area contributed by atoms with Gasteiger partial charge in [-0.1, -0.05) is 24.3 Å². The fraction of sp³-hybridized carbons (Fsp3) is 0.250. The van der Waals surface area contributed by atoms with Gasteiger partial charge in [0.25, 0.3) is 6.43 Å². The van der Waals surface area contributed by atoms with Gasteiger partial charge in [-0.2, -0.15) is 10.4 Å². The van der Waals surface area contributed by atoms with E-state index in [9.17, 15) is 13.6 Å². The van der Waals surface area contributed by atoms with Crippen LogP contribution in [-0.4, -0.2) is 32.0 Å². The van der Waals surface area contributed by atoms with Crippen LogP contribution in [-0.2, 0) is 6.54 Å². The minimum atomic E-state index is -2.49. The molecule has 2 heterocycles. The van der Waals surface area contributed by atoms with E-state index in [1.165, 1.54) is 12.4 Å². The molecule has 1 aromatic carbocycles. The summed E-state index contributed by atoms with van der Waals surface area (Å²) in [5.74, 6) is 0.219. The molecule has 3 aromatic rings. The quantitative estimate of drug-likeness (QED) is 0.575. The molecule has 0 saturated carbocycles. The van der Waals surface area contributed by atoms with Gasteiger partial charge in [0.1, 0.15) is 6.54 Å². The fourth-order valence-electron chi connectivity index (χ4n) is 2.72. The van der Waals surface area contributed by atoms with Crippen LogP contribution in [0.15, 0.2) is 42.9 Å². The minimum Gasteiger partial charge on any atom is -0.321 e. The van der Waals surface area contributed by atoms with Gasteiger partial charge < -0.3 is 5.32 Å². The Morgan fingerprint density at radius 1 is 1.28 bits per heavy atom. The number of aromatic nitrogens is 4. The van der Waals surface area contributed by atoms with Crippen molar-refractivity contribution in [1.29, 1.82) is 5.26 Å². The number of hydrogen-bond acceptors (Lipinski definition) is 6. The highest BCUT2D eigenvalue weighted by molar-refractivity contribution is 5.96. The Morgan fingerprint density at radius 3 is 2.72 bits per heavy atom. The number of halogens is 2. The molecule has 2 aromatic heterocycles. The van der Waals surface area contributed by atoms with Crippen molar-refractivity contribution < 1.29 is 13.6 Å². The first-order valence-corrected chi connectivity index (χ1v) is 8.88. The van der Waals surface area contributed by atoms with Crippen LogP contribution in [0, 0.1) is 18.3 Å². The van der Waals surface area contributed by atoms with E-state index in [4.69, 9.17) is 5.26 Å². The Hall–Kier alpha value is -3.67. The number of benzene rings is 1. The number of hydrogen-bond donors (Lipinski definition) is 1. The highest BCUT2D eigenvalue weighted by Gasteiger charge is 2.11. The van der Waals surface area contributed by atoms with Crippen LogP contribution >= 0.6 is 0 Å². The third-order valence-corrected chi connectivity index (χ3v) is 4.13. The van der Waals surface area contributed by atoms with Crippen LogP contribution in [0.25, 0.3) is 11.3 Å². The van der Waals surface area contributed by atoms with Crippen molar-refractivity contribution in [1.82, 2.24) is 19.7 Å². The standard InChI is InChI=1S/C20H18F2N6O/c1-13-9-24-20(26-16-10-25-28(11-16)12-18(21)22)27-19(13)15-6-4-14(5-7-15)17(29)3-2-8-23/h4-7,9-11,18H,2-3,12H2,1H3,(H,24,26,27). The van der Waals surface area contributed by atoms with Crippen molar-refractivity contribution >= 4 is 17.4 Å². The van der Waals surface area contributed by atoms with E-state index in [0.717, 1.165) is 15.8 Å². The summed E-state index contributed by atoms with van der Waals surface area (Å²) in [5, 5.41) is 15.4. The van der Waals surface area contributed by atoms with Crippen molar-refractivity contribution in [3.8, 4) is 17.3 Å². The number of Topliss-reactive ketones (excluding diaryl/α,β-unsaturated/α-hetero) is 1. The maximum absolute atomic E-state index is 12.4. The second kappa shape index (κ2) is 9.01. The van der Waals surface area contributed by atoms with Crippen molar-refractivity contribution in [3.05, 3.63) is 54.0 Å². The van der Waals surface area contributed by atoms with Crippen LogP contribution in [0.1, 0.15) is 28.8 Å². The Kier molecular flexibility index (Phi) is 6.24. The predicted molar refractivity (Wildman–Crippen MR) is 103 cm³/mol. The third kappa shape index (κ3) is 5.19. The number of carbonyl (C=O) groups excluding carboxylic acids is 1. The van der Waals surface area contributed by atoms with Gasteiger partial charge in [0.15, 0.2) is 5.78 Å². The number of ketones is 1. The van der Waals surface area contributed by atoms with Gasteiger partial charge in [0.05, 0.1) is 23.6 Å². The van der Waals surface area contributed by atoms with E-state index in [-0.39, 0.29) is 18.6 Å². The van der Waals surface area contributed by atoms with E-state index in [2.05, 4.69) is 20.4 Å². The maximum atomic E-state index is 12.4. The van der Waals surface area contributed by atoms with Gasteiger partial charge in [-0.25, -0.2) is 18.7 Å². The zero-order valence-corrected chi connectivity index (χ0v) is 15.6. The molecule has 0 atom stereocenters. The monoisotopic (exact) mass is 396 g/mol. The Bertz CT molecular complexity index is 1040. The molecule has 1 N–H and O–H groups in total. The highest BCUT2D eigenvalue weighted by Crippen LogP contribution is 2.24. The van der Waals surface area contributed by atoms with Crippen LogP contribution in [0.5, 0.6) is 0 Å². The van der Waals surface area contributed by atoms with Crippen LogP contribution in [0.4, 0.5) is 20.4 Å². The molecule has 3 rings (SSSR count). The highest BCUT2D eigenvalue weighted by atomic mass is 19.3. The largest absolute Gasteiger partial charge is 0.321 e.